The Kier molecular flexibility index (Phi) is 1.17. The van der Waals surface area contributed by atoms with Crippen LogP contribution in [0.25, 0.3) is 0 Å². The summed E-state index contributed by atoms with van der Waals surface area (Å²) in [6.45, 7) is 3.05. The van der Waals surface area contributed by atoms with Gasteiger partial charge in [0.15, 0.2) is 0 Å². The van der Waals surface area contributed by atoms with Crippen LogP contribution >= 0.6 is 0 Å². The third kappa shape index (κ3) is 0.838. The molecule has 3 nitrogen and oxygen atoms in total. The summed E-state index contributed by atoms with van der Waals surface area (Å²) in [6.07, 6.45) is 3.62. The smallest absolute Gasteiger partial charge is 0.143 e. The topological polar surface area (TPSA) is 29.2 Å². The first-order valence-corrected chi connectivity index (χ1v) is 2.36. The number of hydrogen-bond acceptors (Lipinski definition) is 2. The summed E-state index contributed by atoms with van der Waals surface area (Å²) < 4.78 is 0. The molecule has 1 atom stereocenters. The van der Waals surface area contributed by atoms with Crippen LogP contribution in [-0.2, 0) is 0 Å². The van der Waals surface area contributed by atoms with Crippen LogP contribution in [0.15, 0.2) is 22.7 Å². The Morgan fingerprint density at radius 3 is 2.86 bits per heavy atom. The second kappa shape index (κ2) is 1.84. The molecule has 1 heterocycles. The summed E-state index contributed by atoms with van der Waals surface area (Å²) in [4.78, 5) is 0. The summed E-state index contributed by atoms with van der Waals surface area (Å²) in [5, 5.41) is 8.50. The van der Waals surface area contributed by atoms with Crippen molar-refractivity contribution in [3.05, 3.63) is 12.4 Å². The summed E-state index contributed by atoms with van der Waals surface area (Å²) in [5.41, 5.74) is 0. The fourth-order valence-corrected chi connectivity index (χ4v) is 0.449. The van der Waals surface area contributed by atoms with E-state index in [1.54, 1.807) is 6.20 Å². The average Bonchev–Trinajstić information content (AvgIpc) is 2.14. The lowest BCUT2D eigenvalue weighted by molar-refractivity contribution is -0.853. The number of nitrogens with one attached hydrogen (secondary N) is 1. The quantitative estimate of drug-likeness (QED) is 0.468. The van der Waals surface area contributed by atoms with Crippen LogP contribution in [0.2, 0.25) is 0 Å². The number of hydrogen-bond donors (Lipinski definition) is 1. The predicted octanol–water partition coefficient (Wildman–Crippen LogP) is -0.257. The molecule has 0 aromatic heterocycles. The molecule has 0 saturated carbocycles. The Morgan fingerprint density at radius 1 is 1.71 bits per heavy atom. The van der Waals surface area contributed by atoms with Gasteiger partial charge in [-0.3, -0.25) is 0 Å². The Morgan fingerprint density at radius 2 is 2.57 bits per heavy atom. The first-order chi connectivity index (χ1) is 3.43. The van der Waals surface area contributed by atoms with Crippen molar-refractivity contribution in [1.29, 1.82) is 0 Å². The molecule has 0 radical (unpaired) electrons. The SMILES string of the molecule is CC[NH+]1C=CN=N1. The second-order valence-electron chi connectivity index (χ2n) is 1.38. The van der Waals surface area contributed by atoms with Crippen molar-refractivity contribution in [2.75, 3.05) is 6.54 Å². The zero-order chi connectivity index (χ0) is 5.11. The van der Waals surface area contributed by atoms with E-state index in [1.807, 2.05) is 6.20 Å². The van der Waals surface area contributed by atoms with E-state index >= 15 is 0 Å². The molecule has 0 aromatic rings. The van der Waals surface area contributed by atoms with E-state index in [-0.39, 0.29) is 0 Å². The van der Waals surface area contributed by atoms with E-state index in [0.29, 0.717) is 0 Å². The van der Waals surface area contributed by atoms with Crippen molar-refractivity contribution in [1.82, 2.24) is 0 Å². The van der Waals surface area contributed by atoms with Crippen LogP contribution in [0.3, 0.4) is 0 Å². The molecule has 0 bridgehead atoms. The zero-order valence-electron chi connectivity index (χ0n) is 4.26. The second-order valence-corrected chi connectivity index (χ2v) is 1.38. The van der Waals surface area contributed by atoms with Crippen molar-refractivity contribution >= 4 is 0 Å². The first-order valence-electron chi connectivity index (χ1n) is 2.36. The standard InChI is InChI=1S/C4H7N3/c1-2-7-4-3-5-6-7/h3-4H,2H2,1H3/p+1. The molecule has 0 amide bonds. The lowest BCUT2D eigenvalue weighted by Crippen LogP contribution is -3.01. The van der Waals surface area contributed by atoms with Gasteiger partial charge in [0.05, 0.1) is 0 Å². The highest BCUT2D eigenvalue weighted by Gasteiger charge is 2.00. The van der Waals surface area contributed by atoms with Gasteiger partial charge < -0.3 is 0 Å². The molecule has 1 unspecified atom stereocenters. The third-order valence-electron chi connectivity index (χ3n) is 0.882. The van der Waals surface area contributed by atoms with Crippen molar-refractivity contribution in [3.8, 4) is 0 Å². The van der Waals surface area contributed by atoms with Gasteiger partial charge in [-0.05, 0) is 6.92 Å². The summed E-state index contributed by atoms with van der Waals surface area (Å²) in [6, 6.07) is 0. The number of nitrogens with zero attached hydrogens (tertiary/aromatic N) is 2. The molecule has 0 spiro atoms. The van der Waals surface area contributed by atoms with Gasteiger partial charge in [-0.25, -0.2) is 0 Å². The molecule has 1 rings (SSSR count). The largest absolute Gasteiger partial charge is 0.162 e. The maximum absolute atomic E-state index is 3.78. The Hall–Kier alpha value is -0.700. The fourth-order valence-electron chi connectivity index (χ4n) is 0.449. The van der Waals surface area contributed by atoms with Crippen LogP contribution < -0.4 is 5.01 Å². The summed E-state index contributed by atoms with van der Waals surface area (Å²) in [7, 11) is 0. The van der Waals surface area contributed by atoms with Gasteiger partial charge in [0.25, 0.3) is 0 Å². The van der Waals surface area contributed by atoms with E-state index < -0.39 is 0 Å². The van der Waals surface area contributed by atoms with Crippen LogP contribution in [0.5, 0.6) is 0 Å². The summed E-state index contributed by atoms with van der Waals surface area (Å²) >= 11 is 0. The molecule has 0 saturated heterocycles. The van der Waals surface area contributed by atoms with Crippen molar-refractivity contribution in [2.24, 2.45) is 10.3 Å². The normalized spacial score (nSPS) is 26.7. The van der Waals surface area contributed by atoms with Crippen molar-refractivity contribution in [3.63, 3.8) is 0 Å². The van der Waals surface area contributed by atoms with Gasteiger partial charge >= 0.3 is 0 Å². The van der Waals surface area contributed by atoms with Gasteiger partial charge in [0, 0.05) is 5.22 Å². The van der Waals surface area contributed by atoms with Gasteiger partial charge in [-0.2, -0.15) is 5.01 Å². The molecular formula is C4H8N3+. The highest BCUT2D eigenvalue weighted by molar-refractivity contribution is 4.67. The third-order valence-corrected chi connectivity index (χ3v) is 0.882. The van der Waals surface area contributed by atoms with E-state index in [1.165, 1.54) is 0 Å². The van der Waals surface area contributed by atoms with Gasteiger partial charge in [-0.15, -0.1) is 5.11 Å². The number of rotatable bonds is 1. The van der Waals surface area contributed by atoms with Gasteiger partial charge in [0.1, 0.15) is 18.9 Å². The minimum Gasteiger partial charge on any atom is -0.162 e. The monoisotopic (exact) mass is 98.1 g/mol. The van der Waals surface area contributed by atoms with Crippen molar-refractivity contribution < 1.29 is 5.01 Å². The van der Waals surface area contributed by atoms with Crippen LogP contribution in [-0.4, -0.2) is 6.54 Å². The minimum atomic E-state index is 0.986. The zero-order valence-corrected chi connectivity index (χ0v) is 4.26. The first kappa shape index (κ1) is 4.46. The molecule has 1 N–H and O–H groups in total. The molecular weight excluding hydrogens is 90.1 g/mol. The Bertz CT molecular complexity index is 93.5. The highest BCUT2D eigenvalue weighted by atomic mass is 15.6. The van der Waals surface area contributed by atoms with E-state index in [9.17, 15) is 0 Å². The summed E-state index contributed by atoms with van der Waals surface area (Å²) in [5.74, 6) is 0. The van der Waals surface area contributed by atoms with E-state index in [0.717, 1.165) is 11.6 Å². The Labute approximate surface area is 42.3 Å². The molecule has 0 fully saturated rings. The molecule has 38 valence electrons. The predicted molar refractivity (Wildman–Crippen MR) is 25.5 cm³/mol. The Balaban J connectivity index is 2.44. The van der Waals surface area contributed by atoms with Gasteiger partial charge in [-0.1, -0.05) is 0 Å². The number of quaternary nitrogens is 1. The van der Waals surface area contributed by atoms with Gasteiger partial charge in [0.2, 0.25) is 0 Å². The van der Waals surface area contributed by atoms with E-state index in [4.69, 9.17) is 0 Å². The van der Waals surface area contributed by atoms with E-state index in [2.05, 4.69) is 17.3 Å². The molecule has 1 aliphatic rings. The molecule has 0 aromatic carbocycles. The molecule has 3 heteroatoms. The fraction of sp³-hybridized carbons (Fsp3) is 0.500. The maximum atomic E-state index is 3.78. The maximum Gasteiger partial charge on any atom is 0.143 e. The lowest BCUT2D eigenvalue weighted by Gasteiger charge is -1.92. The molecule has 0 aliphatic carbocycles. The minimum absolute atomic E-state index is 0.986. The average molecular weight is 98.1 g/mol. The molecule has 1 aliphatic heterocycles. The van der Waals surface area contributed by atoms with Crippen molar-refractivity contribution in [2.45, 2.75) is 6.92 Å². The highest BCUT2D eigenvalue weighted by Crippen LogP contribution is 1.74. The van der Waals surface area contributed by atoms with Crippen LogP contribution in [0, 0.1) is 0 Å². The lowest BCUT2D eigenvalue weighted by atomic mass is 10.7. The van der Waals surface area contributed by atoms with Crippen LogP contribution in [0.4, 0.5) is 0 Å². The molecule has 7 heavy (non-hydrogen) atoms. The van der Waals surface area contributed by atoms with Crippen LogP contribution in [0.1, 0.15) is 6.92 Å².